The van der Waals surface area contributed by atoms with Gasteiger partial charge in [-0.25, -0.2) is 9.97 Å². The Bertz CT molecular complexity index is 896. The Hall–Kier alpha value is -2.53. The van der Waals surface area contributed by atoms with E-state index in [1.807, 2.05) is 42.6 Å². The molecule has 134 valence electrons. The predicted molar refractivity (Wildman–Crippen MR) is 100 cm³/mol. The van der Waals surface area contributed by atoms with E-state index in [0.29, 0.717) is 0 Å². The Morgan fingerprint density at radius 3 is 2.73 bits per heavy atom. The Labute approximate surface area is 154 Å². The van der Waals surface area contributed by atoms with Gasteiger partial charge in [-0.15, -0.1) is 0 Å². The summed E-state index contributed by atoms with van der Waals surface area (Å²) in [6.07, 6.45) is 2.94. The summed E-state index contributed by atoms with van der Waals surface area (Å²) < 4.78 is 5.51. The number of fused-ring (bicyclic) bond motifs is 1. The van der Waals surface area contributed by atoms with E-state index in [1.54, 1.807) is 0 Å². The van der Waals surface area contributed by atoms with Crippen LogP contribution in [0.25, 0.3) is 11.3 Å². The van der Waals surface area contributed by atoms with Crippen LogP contribution in [0, 0.1) is 0 Å². The van der Waals surface area contributed by atoms with Gasteiger partial charge in [0, 0.05) is 60.6 Å². The summed E-state index contributed by atoms with van der Waals surface area (Å²) in [7, 11) is 0. The van der Waals surface area contributed by atoms with Crippen LogP contribution in [0.3, 0.4) is 0 Å². The molecule has 1 aliphatic rings. The third-order valence-electron chi connectivity index (χ3n) is 4.69. The van der Waals surface area contributed by atoms with Gasteiger partial charge in [-0.3, -0.25) is 4.90 Å². The van der Waals surface area contributed by atoms with Gasteiger partial charge in [0.2, 0.25) is 0 Å². The van der Waals surface area contributed by atoms with E-state index in [0.717, 1.165) is 48.9 Å². The molecule has 3 aromatic rings. The molecule has 26 heavy (non-hydrogen) atoms. The van der Waals surface area contributed by atoms with Crippen LogP contribution in [-0.4, -0.2) is 26.6 Å². The highest BCUT2D eigenvalue weighted by Crippen LogP contribution is 2.24. The number of rotatable bonds is 3. The second-order valence-electron chi connectivity index (χ2n) is 7.92. The molecule has 3 heterocycles. The highest BCUT2D eigenvalue weighted by molar-refractivity contribution is 5.56. The lowest BCUT2D eigenvalue weighted by Crippen LogP contribution is -2.32. The van der Waals surface area contributed by atoms with Gasteiger partial charge in [0.25, 0.3) is 0 Å². The van der Waals surface area contributed by atoms with Gasteiger partial charge in [-0.05, 0) is 0 Å². The Morgan fingerprint density at radius 1 is 1.15 bits per heavy atom. The fraction of sp³-hybridized carbons (Fsp3) is 0.381. The zero-order valence-electron chi connectivity index (χ0n) is 15.6. The van der Waals surface area contributed by atoms with Crippen LogP contribution in [0.1, 0.15) is 43.5 Å². The van der Waals surface area contributed by atoms with Crippen LogP contribution in [0.4, 0.5) is 0 Å². The minimum Gasteiger partial charge on any atom is -0.356 e. The van der Waals surface area contributed by atoms with E-state index in [9.17, 15) is 0 Å². The van der Waals surface area contributed by atoms with Crippen molar-refractivity contribution in [2.75, 3.05) is 6.54 Å². The zero-order chi connectivity index (χ0) is 18.1. The lowest BCUT2D eigenvalue weighted by atomic mass is 9.95. The first kappa shape index (κ1) is 16.9. The standard InChI is InChI=1S/C21H24N4O/c1-21(2,3)20-22-12-16-13-25(10-9-18(16)23-20)14-17-11-19(26-24-17)15-7-5-4-6-8-15/h4-8,11-12H,9-10,13-14H2,1-3H3. The van der Waals surface area contributed by atoms with Crippen molar-refractivity contribution in [2.45, 2.75) is 45.7 Å². The summed E-state index contributed by atoms with van der Waals surface area (Å²) in [5.74, 6) is 1.74. The van der Waals surface area contributed by atoms with Gasteiger partial charge in [0.05, 0.1) is 5.69 Å². The molecule has 0 aliphatic carbocycles. The normalized spacial score (nSPS) is 15.0. The van der Waals surface area contributed by atoms with E-state index in [4.69, 9.17) is 9.51 Å². The number of aromatic nitrogens is 3. The fourth-order valence-corrected chi connectivity index (χ4v) is 3.22. The number of hydrogen-bond donors (Lipinski definition) is 0. The summed E-state index contributed by atoms with van der Waals surface area (Å²) >= 11 is 0. The third-order valence-corrected chi connectivity index (χ3v) is 4.69. The first-order valence-electron chi connectivity index (χ1n) is 9.08. The Morgan fingerprint density at radius 2 is 1.96 bits per heavy atom. The van der Waals surface area contributed by atoms with Gasteiger partial charge in [-0.2, -0.15) is 0 Å². The van der Waals surface area contributed by atoms with Crippen LogP contribution in [-0.2, 0) is 24.9 Å². The summed E-state index contributed by atoms with van der Waals surface area (Å²) in [4.78, 5) is 11.7. The molecule has 0 saturated carbocycles. The van der Waals surface area contributed by atoms with Crippen LogP contribution >= 0.6 is 0 Å². The lowest BCUT2D eigenvalue weighted by Gasteiger charge is -2.28. The van der Waals surface area contributed by atoms with Crippen LogP contribution < -0.4 is 0 Å². The van der Waals surface area contributed by atoms with E-state index in [1.165, 1.54) is 11.3 Å². The van der Waals surface area contributed by atoms with E-state index < -0.39 is 0 Å². The maximum atomic E-state index is 5.51. The molecule has 0 unspecified atom stereocenters. The van der Waals surface area contributed by atoms with Gasteiger partial charge in [-0.1, -0.05) is 56.3 Å². The van der Waals surface area contributed by atoms with Gasteiger partial charge >= 0.3 is 0 Å². The lowest BCUT2D eigenvalue weighted by molar-refractivity contribution is 0.234. The van der Waals surface area contributed by atoms with Crippen molar-refractivity contribution < 1.29 is 4.52 Å². The summed E-state index contributed by atoms with van der Waals surface area (Å²) in [6, 6.07) is 12.1. The first-order chi connectivity index (χ1) is 12.5. The molecule has 5 nitrogen and oxygen atoms in total. The number of hydrogen-bond acceptors (Lipinski definition) is 5. The van der Waals surface area contributed by atoms with E-state index >= 15 is 0 Å². The second kappa shape index (κ2) is 6.65. The molecule has 4 rings (SSSR count). The number of nitrogens with zero attached hydrogens (tertiary/aromatic N) is 4. The molecule has 5 heteroatoms. The van der Waals surface area contributed by atoms with Crippen LogP contribution in [0.5, 0.6) is 0 Å². The van der Waals surface area contributed by atoms with Crippen molar-refractivity contribution in [1.82, 2.24) is 20.0 Å². The maximum Gasteiger partial charge on any atom is 0.167 e. The molecular formula is C21H24N4O. The van der Waals surface area contributed by atoms with Crippen molar-refractivity contribution in [3.05, 3.63) is 65.4 Å². The zero-order valence-corrected chi connectivity index (χ0v) is 15.6. The van der Waals surface area contributed by atoms with Crippen molar-refractivity contribution in [2.24, 2.45) is 0 Å². The molecule has 0 radical (unpaired) electrons. The smallest absolute Gasteiger partial charge is 0.167 e. The molecule has 2 aromatic heterocycles. The minimum absolute atomic E-state index is 0.0132. The van der Waals surface area contributed by atoms with E-state index in [2.05, 4.69) is 35.8 Å². The Balaban J connectivity index is 1.46. The number of benzene rings is 1. The summed E-state index contributed by atoms with van der Waals surface area (Å²) in [5.41, 5.74) is 4.40. The molecule has 0 fully saturated rings. The quantitative estimate of drug-likeness (QED) is 0.716. The topological polar surface area (TPSA) is 55.1 Å². The molecule has 0 spiro atoms. The molecule has 0 atom stereocenters. The summed E-state index contributed by atoms with van der Waals surface area (Å²) in [6.45, 7) is 9.06. The van der Waals surface area contributed by atoms with Crippen LogP contribution in [0.2, 0.25) is 0 Å². The first-order valence-corrected chi connectivity index (χ1v) is 9.08. The molecule has 0 amide bonds. The average molecular weight is 348 g/mol. The Kier molecular flexibility index (Phi) is 4.32. The fourth-order valence-electron chi connectivity index (χ4n) is 3.22. The van der Waals surface area contributed by atoms with Crippen LogP contribution in [0.15, 0.2) is 47.1 Å². The second-order valence-corrected chi connectivity index (χ2v) is 7.92. The monoisotopic (exact) mass is 348 g/mol. The van der Waals surface area contributed by atoms with Crippen molar-refractivity contribution in [1.29, 1.82) is 0 Å². The molecule has 0 N–H and O–H groups in total. The predicted octanol–water partition coefficient (Wildman–Crippen LogP) is 3.99. The molecular weight excluding hydrogens is 324 g/mol. The molecule has 1 aliphatic heterocycles. The SMILES string of the molecule is CC(C)(C)c1ncc2c(n1)CCN(Cc1cc(-c3ccccc3)on1)C2. The van der Waals surface area contributed by atoms with E-state index in [-0.39, 0.29) is 5.41 Å². The molecule has 1 aromatic carbocycles. The highest BCUT2D eigenvalue weighted by Gasteiger charge is 2.23. The average Bonchev–Trinajstić information content (AvgIpc) is 3.10. The summed E-state index contributed by atoms with van der Waals surface area (Å²) in [5, 5.41) is 4.24. The highest BCUT2D eigenvalue weighted by atomic mass is 16.5. The van der Waals surface area contributed by atoms with Crippen molar-refractivity contribution in [3.8, 4) is 11.3 Å². The van der Waals surface area contributed by atoms with Gasteiger partial charge in [0.15, 0.2) is 5.76 Å². The molecule has 0 bridgehead atoms. The van der Waals surface area contributed by atoms with Crippen molar-refractivity contribution in [3.63, 3.8) is 0 Å². The van der Waals surface area contributed by atoms with Crippen molar-refractivity contribution >= 4 is 0 Å². The largest absolute Gasteiger partial charge is 0.356 e. The van der Waals surface area contributed by atoms with Gasteiger partial charge < -0.3 is 4.52 Å². The third kappa shape index (κ3) is 3.53. The minimum atomic E-state index is -0.0132. The van der Waals surface area contributed by atoms with Gasteiger partial charge in [0.1, 0.15) is 5.82 Å². The molecule has 0 saturated heterocycles. The maximum absolute atomic E-state index is 5.51.